The van der Waals surface area contributed by atoms with Crippen molar-refractivity contribution in [2.45, 2.75) is 39.2 Å². The van der Waals surface area contributed by atoms with E-state index in [4.69, 9.17) is 0 Å². The summed E-state index contributed by atoms with van der Waals surface area (Å²) >= 11 is 1.60. The van der Waals surface area contributed by atoms with E-state index in [9.17, 15) is 14.4 Å². The number of carbonyl (C=O) groups is 3. The lowest BCUT2D eigenvalue weighted by Crippen LogP contribution is -2.65. The lowest BCUT2D eigenvalue weighted by Gasteiger charge is -2.44. The number of imide groups is 2. The predicted molar refractivity (Wildman–Crippen MR) is 74.1 cm³/mol. The van der Waals surface area contributed by atoms with Crippen LogP contribution in [-0.2, 0) is 22.6 Å². The van der Waals surface area contributed by atoms with Gasteiger partial charge in [0.2, 0.25) is 11.8 Å². The van der Waals surface area contributed by atoms with Crippen molar-refractivity contribution in [2.24, 2.45) is 5.41 Å². The molecule has 1 saturated carbocycles. The highest BCUT2D eigenvalue weighted by Crippen LogP contribution is 2.44. The fourth-order valence-electron chi connectivity index (χ4n) is 2.70. The first-order valence-corrected chi connectivity index (χ1v) is 7.63. The summed E-state index contributed by atoms with van der Waals surface area (Å²) in [6, 6.07) is 3.36. The van der Waals surface area contributed by atoms with E-state index >= 15 is 0 Å². The topological polar surface area (TPSA) is 66.5 Å². The van der Waals surface area contributed by atoms with Crippen LogP contribution in [0.25, 0.3) is 0 Å². The summed E-state index contributed by atoms with van der Waals surface area (Å²) in [6.45, 7) is 2.32. The molecule has 1 N–H and O–H groups in total. The van der Waals surface area contributed by atoms with Gasteiger partial charge in [-0.1, -0.05) is 13.3 Å². The molecule has 0 aromatic carbocycles. The van der Waals surface area contributed by atoms with E-state index in [0.717, 1.165) is 17.7 Å². The zero-order valence-corrected chi connectivity index (χ0v) is 12.1. The molecule has 1 saturated heterocycles. The molecule has 1 aliphatic carbocycles. The van der Waals surface area contributed by atoms with E-state index in [2.05, 4.69) is 12.2 Å². The highest BCUT2D eigenvalue weighted by atomic mass is 32.1. The van der Waals surface area contributed by atoms with Gasteiger partial charge in [-0.05, 0) is 31.4 Å². The van der Waals surface area contributed by atoms with Crippen LogP contribution in [0.15, 0.2) is 12.1 Å². The molecule has 20 heavy (non-hydrogen) atoms. The molecule has 106 valence electrons. The Morgan fingerprint density at radius 1 is 1.25 bits per heavy atom. The summed E-state index contributed by atoms with van der Waals surface area (Å²) in [5.74, 6) is -0.751. The first kappa shape index (κ1) is 13.3. The quantitative estimate of drug-likeness (QED) is 0.867. The third kappa shape index (κ3) is 1.86. The summed E-state index contributed by atoms with van der Waals surface area (Å²) in [7, 11) is 0. The smallest absolute Gasteiger partial charge is 0.277 e. The minimum atomic E-state index is -0.973. The number of thiophene rings is 1. The minimum Gasteiger partial charge on any atom is -0.277 e. The van der Waals surface area contributed by atoms with Gasteiger partial charge in [-0.15, -0.1) is 11.3 Å². The maximum Gasteiger partial charge on any atom is 0.331 e. The van der Waals surface area contributed by atoms with Crippen LogP contribution in [0.3, 0.4) is 0 Å². The van der Waals surface area contributed by atoms with Crippen LogP contribution in [0, 0.1) is 5.41 Å². The van der Waals surface area contributed by atoms with Crippen molar-refractivity contribution in [1.82, 2.24) is 10.2 Å². The molecule has 0 atom stereocenters. The zero-order chi connectivity index (χ0) is 14.3. The van der Waals surface area contributed by atoms with Gasteiger partial charge >= 0.3 is 6.03 Å². The Morgan fingerprint density at radius 3 is 2.50 bits per heavy atom. The van der Waals surface area contributed by atoms with Crippen molar-refractivity contribution >= 4 is 29.2 Å². The third-order valence-corrected chi connectivity index (χ3v) is 5.36. The number of amides is 4. The zero-order valence-electron chi connectivity index (χ0n) is 11.3. The van der Waals surface area contributed by atoms with Gasteiger partial charge in [0.25, 0.3) is 0 Å². The van der Waals surface area contributed by atoms with Gasteiger partial charge in [0, 0.05) is 9.75 Å². The van der Waals surface area contributed by atoms with Crippen molar-refractivity contribution in [3.05, 3.63) is 21.9 Å². The van der Waals surface area contributed by atoms with Crippen LogP contribution in [-0.4, -0.2) is 22.7 Å². The Hall–Kier alpha value is -1.69. The molecule has 4 amide bonds. The van der Waals surface area contributed by atoms with Crippen molar-refractivity contribution in [3.8, 4) is 0 Å². The van der Waals surface area contributed by atoms with Crippen LogP contribution >= 0.6 is 11.3 Å². The molecular formula is C14H16N2O3S. The monoisotopic (exact) mass is 292 g/mol. The largest absolute Gasteiger partial charge is 0.331 e. The molecule has 1 spiro atoms. The number of hydrogen-bond donors (Lipinski definition) is 1. The molecule has 0 unspecified atom stereocenters. The molecular weight excluding hydrogens is 276 g/mol. The molecule has 0 bridgehead atoms. The van der Waals surface area contributed by atoms with Crippen molar-refractivity contribution in [3.63, 3.8) is 0 Å². The third-order valence-electron chi connectivity index (χ3n) is 4.14. The minimum absolute atomic E-state index is 0.254. The number of nitrogens with one attached hydrogen (secondary N) is 1. The van der Waals surface area contributed by atoms with Crippen molar-refractivity contribution in [1.29, 1.82) is 0 Å². The second kappa shape index (κ2) is 4.70. The molecule has 5 nitrogen and oxygen atoms in total. The summed E-state index contributed by atoms with van der Waals surface area (Å²) in [5, 5.41) is 2.33. The average molecular weight is 292 g/mol. The molecule has 0 radical (unpaired) electrons. The van der Waals surface area contributed by atoms with E-state index in [1.807, 2.05) is 12.1 Å². The van der Waals surface area contributed by atoms with Gasteiger partial charge in [0.15, 0.2) is 0 Å². The number of urea groups is 1. The Kier molecular flexibility index (Phi) is 3.12. The van der Waals surface area contributed by atoms with Crippen LogP contribution in [0.2, 0.25) is 0 Å². The van der Waals surface area contributed by atoms with E-state index in [0.29, 0.717) is 12.8 Å². The maximum atomic E-state index is 12.5. The van der Waals surface area contributed by atoms with Crippen molar-refractivity contribution < 1.29 is 14.4 Å². The van der Waals surface area contributed by atoms with Gasteiger partial charge < -0.3 is 0 Å². The van der Waals surface area contributed by atoms with Crippen molar-refractivity contribution in [2.75, 3.05) is 0 Å². The average Bonchev–Trinajstić information content (AvgIpc) is 2.80. The van der Waals surface area contributed by atoms with E-state index < -0.39 is 17.4 Å². The molecule has 2 aliphatic rings. The van der Waals surface area contributed by atoms with Gasteiger partial charge in [0.1, 0.15) is 5.41 Å². The van der Waals surface area contributed by atoms with Gasteiger partial charge in [-0.25, -0.2) is 4.79 Å². The Labute approximate surface area is 121 Å². The van der Waals surface area contributed by atoms with E-state index in [1.165, 1.54) is 9.78 Å². The molecule has 1 aromatic rings. The van der Waals surface area contributed by atoms with E-state index in [1.54, 1.807) is 11.3 Å². The molecule has 1 aliphatic heterocycles. The molecule has 2 heterocycles. The number of rotatable bonds is 3. The lowest BCUT2D eigenvalue weighted by atomic mass is 9.66. The van der Waals surface area contributed by atoms with Crippen LogP contribution in [0.1, 0.15) is 35.9 Å². The number of nitrogens with zero attached hydrogens (tertiary/aromatic N) is 1. The Morgan fingerprint density at radius 2 is 1.95 bits per heavy atom. The highest BCUT2D eigenvalue weighted by Gasteiger charge is 2.57. The molecule has 1 aromatic heterocycles. The molecule has 6 heteroatoms. The van der Waals surface area contributed by atoms with E-state index in [-0.39, 0.29) is 12.5 Å². The first-order chi connectivity index (χ1) is 9.56. The normalized spacial score (nSPS) is 21.1. The highest BCUT2D eigenvalue weighted by molar-refractivity contribution is 7.12. The lowest BCUT2D eigenvalue weighted by molar-refractivity contribution is -0.158. The summed E-state index contributed by atoms with van der Waals surface area (Å²) in [5.41, 5.74) is -0.973. The Balaban J connectivity index is 1.82. The number of hydrogen-bond acceptors (Lipinski definition) is 4. The van der Waals surface area contributed by atoms with Gasteiger partial charge in [-0.2, -0.15) is 0 Å². The predicted octanol–water partition coefficient (Wildman–Crippen LogP) is 2.06. The maximum absolute atomic E-state index is 12.5. The fourth-order valence-corrected chi connectivity index (χ4v) is 3.65. The summed E-state index contributed by atoms with van der Waals surface area (Å²) < 4.78 is 0. The van der Waals surface area contributed by atoms with Gasteiger partial charge in [-0.3, -0.25) is 19.8 Å². The Bertz CT molecular complexity index is 589. The van der Waals surface area contributed by atoms with Gasteiger partial charge in [0.05, 0.1) is 6.54 Å². The van der Waals surface area contributed by atoms with Crippen LogP contribution in [0.5, 0.6) is 0 Å². The second-order valence-electron chi connectivity index (χ2n) is 5.31. The standard InChI is InChI=1S/C14H16N2O3S/c1-2-9-4-5-10(20-9)8-16-12(18)14(6-3-7-14)11(17)15-13(16)19/h4-5H,2-3,6-8H2,1H3,(H,15,17,19). The SMILES string of the molecule is CCc1ccc(CN2C(=O)NC(=O)C3(CCC3)C2=O)s1. The summed E-state index contributed by atoms with van der Waals surface area (Å²) in [4.78, 5) is 39.6. The number of aryl methyl sites for hydroxylation is 1. The first-order valence-electron chi connectivity index (χ1n) is 6.82. The molecule has 3 rings (SSSR count). The number of barbiturate groups is 1. The fraction of sp³-hybridized carbons (Fsp3) is 0.500. The van der Waals surface area contributed by atoms with Crippen LogP contribution < -0.4 is 5.32 Å². The van der Waals surface area contributed by atoms with Crippen LogP contribution in [0.4, 0.5) is 4.79 Å². The molecule has 2 fully saturated rings. The summed E-state index contributed by atoms with van der Waals surface area (Å²) in [6.07, 6.45) is 2.89. The second-order valence-corrected chi connectivity index (χ2v) is 6.56. The number of carbonyl (C=O) groups excluding carboxylic acids is 3.